The maximum atomic E-state index is 10.6. The molecule has 0 saturated carbocycles. The molecule has 0 aromatic rings. The summed E-state index contributed by atoms with van der Waals surface area (Å²) in [5, 5.41) is 22.4. The van der Waals surface area contributed by atoms with E-state index in [9.17, 15) is 4.79 Å². The number of hydrogen-bond donors (Lipinski definition) is 5. The lowest BCUT2D eigenvalue weighted by molar-refractivity contribution is -0.0185. The van der Waals surface area contributed by atoms with Gasteiger partial charge in [-0.25, -0.2) is 4.79 Å². The van der Waals surface area contributed by atoms with Crippen LogP contribution in [-0.2, 0) is 0 Å². The third kappa shape index (κ3) is 1.89. The molecule has 2 amide bonds. The Morgan fingerprint density at radius 3 is 2.69 bits per heavy atom. The number of hydrazine groups is 1. The number of carbonyl (C=O) groups excluding carboxylic acids is 1. The maximum Gasteiger partial charge on any atom is 0.326 e. The molecule has 0 radical (unpaired) electrons. The fourth-order valence-corrected chi connectivity index (χ4v) is 1.34. The van der Waals surface area contributed by atoms with E-state index in [1.165, 1.54) is 5.01 Å². The summed E-state index contributed by atoms with van der Waals surface area (Å²) in [5.41, 5.74) is 6.25. The fraction of sp³-hybridized carbons (Fsp3) is 0.833. The number of carbonyl (C=O) groups is 1. The topological polar surface area (TPSA) is 111 Å². The van der Waals surface area contributed by atoms with Gasteiger partial charge >= 0.3 is 6.03 Å². The summed E-state index contributed by atoms with van der Waals surface area (Å²) in [6.07, 6.45) is 0. The van der Waals surface area contributed by atoms with E-state index < -0.39 is 11.7 Å². The summed E-state index contributed by atoms with van der Waals surface area (Å²) in [4.78, 5) is 10.6. The van der Waals surface area contributed by atoms with Crippen molar-refractivity contribution in [1.82, 2.24) is 15.8 Å². The minimum absolute atomic E-state index is 0.302. The van der Waals surface area contributed by atoms with Gasteiger partial charge in [-0.05, 0) is 0 Å². The number of nitrogens with two attached hydrogens (primary N) is 1. The molecule has 0 spiro atoms. The lowest BCUT2D eigenvalue weighted by Gasteiger charge is -2.34. The van der Waals surface area contributed by atoms with Gasteiger partial charge in [0.25, 0.3) is 0 Å². The summed E-state index contributed by atoms with van der Waals surface area (Å²) in [6, 6.07) is -0.713. The summed E-state index contributed by atoms with van der Waals surface area (Å²) in [6.45, 7) is 0.457. The number of amides is 2. The monoisotopic (exact) mass is 190 g/mol. The van der Waals surface area contributed by atoms with Crippen LogP contribution < -0.4 is 16.5 Å². The Morgan fingerprint density at radius 2 is 2.23 bits per heavy atom. The normalized spacial score (nSPS) is 21.7. The molecular formula is C6H14N4O3. The highest BCUT2D eigenvalue weighted by Crippen LogP contribution is 2.12. The number of aliphatic hydroxyl groups is 2. The van der Waals surface area contributed by atoms with Crippen molar-refractivity contribution < 1.29 is 15.0 Å². The molecule has 0 atom stereocenters. The highest BCUT2D eigenvalue weighted by molar-refractivity contribution is 5.71. The lowest BCUT2D eigenvalue weighted by atomic mass is 10.2. The van der Waals surface area contributed by atoms with Crippen molar-refractivity contribution >= 4 is 6.03 Å². The minimum Gasteiger partial charge on any atom is -0.393 e. The molecule has 6 N–H and O–H groups in total. The Kier molecular flexibility index (Phi) is 3.04. The van der Waals surface area contributed by atoms with Crippen LogP contribution >= 0.6 is 0 Å². The van der Waals surface area contributed by atoms with Crippen LogP contribution in [0, 0.1) is 0 Å². The van der Waals surface area contributed by atoms with E-state index in [0.29, 0.717) is 13.1 Å². The van der Waals surface area contributed by atoms with Gasteiger partial charge in [0, 0.05) is 13.1 Å². The molecule has 0 aromatic heterocycles. The Bertz CT molecular complexity index is 194. The van der Waals surface area contributed by atoms with Crippen molar-refractivity contribution in [1.29, 1.82) is 0 Å². The number of rotatable bonds is 3. The first-order valence-electron chi connectivity index (χ1n) is 3.95. The van der Waals surface area contributed by atoms with Crippen molar-refractivity contribution in [3.05, 3.63) is 0 Å². The Hall–Kier alpha value is -0.890. The van der Waals surface area contributed by atoms with Crippen LogP contribution in [0.2, 0.25) is 0 Å². The zero-order valence-corrected chi connectivity index (χ0v) is 7.16. The Labute approximate surface area is 75.5 Å². The van der Waals surface area contributed by atoms with Crippen LogP contribution in [0.5, 0.6) is 0 Å². The molecule has 0 bridgehead atoms. The number of aliphatic hydroxyl groups excluding tert-OH is 2. The molecule has 1 aliphatic heterocycles. The molecule has 1 rings (SSSR count). The first-order chi connectivity index (χ1) is 6.14. The zero-order chi connectivity index (χ0) is 9.90. The summed E-state index contributed by atoms with van der Waals surface area (Å²) in [5.74, 6) is 0. The van der Waals surface area contributed by atoms with E-state index >= 15 is 0 Å². The van der Waals surface area contributed by atoms with E-state index in [1.54, 1.807) is 0 Å². The SMILES string of the molecule is NC(=O)NN1CCNC1(CO)CO. The van der Waals surface area contributed by atoms with Gasteiger partial charge in [-0.15, -0.1) is 0 Å². The van der Waals surface area contributed by atoms with Crippen LogP contribution in [0.3, 0.4) is 0 Å². The third-order valence-corrected chi connectivity index (χ3v) is 2.07. The van der Waals surface area contributed by atoms with E-state index in [4.69, 9.17) is 15.9 Å². The Morgan fingerprint density at radius 1 is 1.62 bits per heavy atom. The van der Waals surface area contributed by atoms with Gasteiger partial charge in [-0.3, -0.25) is 10.7 Å². The molecule has 13 heavy (non-hydrogen) atoms. The van der Waals surface area contributed by atoms with Gasteiger partial charge in [0.1, 0.15) is 5.66 Å². The van der Waals surface area contributed by atoms with Crippen LogP contribution in [0.15, 0.2) is 0 Å². The molecular weight excluding hydrogens is 176 g/mol. The average molecular weight is 190 g/mol. The van der Waals surface area contributed by atoms with Crippen molar-refractivity contribution in [2.75, 3.05) is 26.3 Å². The van der Waals surface area contributed by atoms with Gasteiger partial charge in [0.05, 0.1) is 13.2 Å². The lowest BCUT2D eigenvalue weighted by Crippen LogP contribution is -2.63. The predicted octanol–water partition coefficient (Wildman–Crippen LogP) is -2.84. The zero-order valence-electron chi connectivity index (χ0n) is 7.16. The van der Waals surface area contributed by atoms with Crippen LogP contribution in [0.1, 0.15) is 0 Å². The van der Waals surface area contributed by atoms with Gasteiger partial charge < -0.3 is 15.9 Å². The van der Waals surface area contributed by atoms with Crippen LogP contribution in [0.25, 0.3) is 0 Å². The van der Waals surface area contributed by atoms with Crippen molar-refractivity contribution in [2.24, 2.45) is 5.73 Å². The Balaban J connectivity index is 2.66. The summed E-state index contributed by atoms with van der Waals surface area (Å²) >= 11 is 0. The van der Waals surface area contributed by atoms with Crippen LogP contribution in [-0.4, -0.2) is 53.2 Å². The van der Waals surface area contributed by atoms with E-state index in [-0.39, 0.29) is 13.2 Å². The van der Waals surface area contributed by atoms with E-state index in [2.05, 4.69) is 10.7 Å². The van der Waals surface area contributed by atoms with Crippen molar-refractivity contribution in [3.8, 4) is 0 Å². The molecule has 0 unspecified atom stereocenters. The molecule has 1 aliphatic rings. The van der Waals surface area contributed by atoms with Crippen molar-refractivity contribution in [3.63, 3.8) is 0 Å². The van der Waals surface area contributed by atoms with Gasteiger partial charge in [0.2, 0.25) is 0 Å². The number of urea groups is 1. The quantitative estimate of drug-likeness (QED) is 0.329. The second-order valence-electron chi connectivity index (χ2n) is 2.90. The second kappa shape index (κ2) is 3.88. The fourth-order valence-electron chi connectivity index (χ4n) is 1.34. The van der Waals surface area contributed by atoms with E-state index in [0.717, 1.165) is 0 Å². The molecule has 1 heterocycles. The van der Waals surface area contributed by atoms with E-state index in [1.807, 2.05) is 0 Å². The first kappa shape index (κ1) is 10.2. The van der Waals surface area contributed by atoms with Crippen molar-refractivity contribution in [2.45, 2.75) is 5.66 Å². The number of nitrogens with one attached hydrogen (secondary N) is 2. The van der Waals surface area contributed by atoms with Gasteiger partial charge in [0.15, 0.2) is 0 Å². The third-order valence-electron chi connectivity index (χ3n) is 2.07. The first-order valence-corrected chi connectivity index (χ1v) is 3.95. The molecule has 7 heteroatoms. The predicted molar refractivity (Wildman–Crippen MR) is 44.3 cm³/mol. The average Bonchev–Trinajstić information content (AvgIpc) is 2.48. The largest absolute Gasteiger partial charge is 0.393 e. The highest BCUT2D eigenvalue weighted by Gasteiger charge is 2.40. The maximum absolute atomic E-state index is 10.6. The molecule has 1 saturated heterocycles. The highest BCUT2D eigenvalue weighted by atomic mass is 16.3. The molecule has 0 aliphatic carbocycles. The molecule has 0 aromatic carbocycles. The molecule has 76 valence electrons. The minimum atomic E-state index is -0.991. The standard InChI is InChI=1S/C6H14N4O3/c7-5(13)9-10-2-1-8-6(10,3-11)4-12/h8,11-12H,1-4H2,(H3,7,9,13). The number of hydrogen-bond acceptors (Lipinski definition) is 5. The van der Waals surface area contributed by atoms with Crippen LogP contribution in [0.4, 0.5) is 4.79 Å². The number of nitrogens with zero attached hydrogens (tertiary/aromatic N) is 1. The second-order valence-corrected chi connectivity index (χ2v) is 2.90. The summed E-state index contributed by atoms with van der Waals surface area (Å²) < 4.78 is 0. The smallest absolute Gasteiger partial charge is 0.326 e. The van der Waals surface area contributed by atoms with Gasteiger partial charge in [-0.2, -0.15) is 5.01 Å². The molecule has 7 nitrogen and oxygen atoms in total. The summed E-state index contributed by atoms with van der Waals surface area (Å²) in [7, 11) is 0. The molecule has 1 fully saturated rings. The number of primary amides is 1. The van der Waals surface area contributed by atoms with Gasteiger partial charge in [-0.1, -0.05) is 0 Å².